The second-order valence-electron chi connectivity index (χ2n) is 4.47. The van der Waals surface area contributed by atoms with E-state index < -0.39 is 10.7 Å². The van der Waals surface area contributed by atoms with Gasteiger partial charge in [-0.3, -0.25) is 14.6 Å². The number of methoxy groups -OCH3 is 1. The highest BCUT2D eigenvalue weighted by Crippen LogP contribution is 2.27. The van der Waals surface area contributed by atoms with Crippen molar-refractivity contribution in [2.45, 2.75) is 25.5 Å². The minimum absolute atomic E-state index is 0.159. The van der Waals surface area contributed by atoms with E-state index in [9.17, 15) is 14.4 Å². The Morgan fingerprint density at radius 2 is 2.00 bits per heavy atom. The Bertz CT molecular complexity index is 543. The molecule has 0 atom stereocenters. The van der Waals surface area contributed by atoms with Crippen LogP contribution in [-0.4, -0.2) is 33.8 Å². The van der Waals surface area contributed by atoms with Crippen molar-refractivity contribution in [2.75, 3.05) is 12.4 Å². The fraction of sp³-hybridized carbons (Fsp3) is 0.385. The van der Waals surface area contributed by atoms with Crippen LogP contribution in [0.15, 0.2) is 18.5 Å². The van der Waals surface area contributed by atoms with Crippen LogP contribution in [0.25, 0.3) is 0 Å². The molecule has 0 saturated heterocycles. The molecule has 1 heterocycles. The molecule has 1 rings (SSSR count). The van der Waals surface area contributed by atoms with Crippen LogP contribution in [0.5, 0.6) is 0 Å². The molecule has 7 heteroatoms. The maximum Gasteiger partial charge on any atom is 0.341 e. The van der Waals surface area contributed by atoms with Gasteiger partial charge in [-0.05, 0) is 19.9 Å². The Labute approximate surface area is 121 Å². The van der Waals surface area contributed by atoms with E-state index in [-0.39, 0.29) is 16.6 Å². The zero-order valence-corrected chi connectivity index (χ0v) is 12.5. The Morgan fingerprint density at radius 1 is 1.35 bits per heavy atom. The molecule has 0 aliphatic heterocycles. The van der Waals surface area contributed by atoms with Gasteiger partial charge in [0.05, 0.1) is 17.5 Å². The SMILES string of the molecule is COC(=O)c1cnccc1NC(=O)C(C)(C)SC(C)=O. The summed E-state index contributed by atoms with van der Waals surface area (Å²) in [5.74, 6) is -0.973. The molecular formula is C13H16N2O4S. The van der Waals surface area contributed by atoms with Crippen LogP contribution in [0, 0.1) is 0 Å². The van der Waals surface area contributed by atoms with Crippen LogP contribution in [0.1, 0.15) is 31.1 Å². The average molecular weight is 296 g/mol. The highest BCUT2D eigenvalue weighted by Gasteiger charge is 2.31. The van der Waals surface area contributed by atoms with E-state index in [0.717, 1.165) is 11.8 Å². The maximum absolute atomic E-state index is 12.2. The van der Waals surface area contributed by atoms with Gasteiger partial charge in [0, 0.05) is 19.3 Å². The number of nitrogens with zero attached hydrogens (tertiary/aromatic N) is 1. The van der Waals surface area contributed by atoms with Crippen molar-refractivity contribution in [1.29, 1.82) is 0 Å². The zero-order chi connectivity index (χ0) is 15.3. The molecule has 0 radical (unpaired) electrons. The lowest BCUT2D eigenvalue weighted by Gasteiger charge is -2.21. The third-order valence-electron chi connectivity index (χ3n) is 2.42. The van der Waals surface area contributed by atoms with Gasteiger partial charge in [0.1, 0.15) is 5.56 Å². The van der Waals surface area contributed by atoms with E-state index in [1.807, 2.05) is 0 Å². The molecule has 0 unspecified atom stereocenters. The first-order valence-corrected chi connectivity index (χ1v) is 6.63. The summed E-state index contributed by atoms with van der Waals surface area (Å²) in [6.45, 7) is 4.66. The summed E-state index contributed by atoms with van der Waals surface area (Å²) >= 11 is 0.921. The number of hydrogen-bond acceptors (Lipinski definition) is 6. The first kappa shape index (κ1) is 16.2. The van der Waals surface area contributed by atoms with Crippen molar-refractivity contribution >= 4 is 34.4 Å². The molecule has 0 saturated carbocycles. The second-order valence-corrected chi connectivity index (χ2v) is 6.27. The van der Waals surface area contributed by atoms with Crippen molar-refractivity contribution in [3.8, 4) is 0 Å². The summed E-state index contributed by atoms with van der Waals surface area (Å²) in [5, 5.41) is 2.46. The van der Waals surface area contributed by atoms with Crippen molar-refractivity contribution < 1.29 is 19.1 Å². The fourth-order valence-electron chi connectivity index (χ4n) is 1.45. The van der Waals surface area contributed by atoms with E-state index in [0.29, 0.717) is 5.69 Å². The average Bonchev–Trinajstić information content (AvgIpc) is 2.37. The number of hydrogen-bond donors (Lipinski definition) is 1. The minimum atomic E-state index is -0.942. The van der Waals surface area contributed by atoms with Crippen molar-refractivity contribution in [1.82, 2.24) is 4.98 Å². The van der Waals surface area contributed by atoms with Gasteiger partial charge in [-0.15, -0.1) is 0 Å². The molecule has 108 valence electrons. The topological polar surface area (TPSA) is 85.4 Å². The van der Waals surface area contributed by atoms with Gasteiger partial charge >= 0.3 is 5.97 Å². The minimum Gasteiger partial charge on any atom is -0.465 e. The third kappa shape index (κ3) is 4.06. The number of aromatic nitrogens is 1. The highest BCUT2D eigenvalue weighted by molar-refractivity contribution is 8.15. The molecule has 0 aliphatic rings. The van der Waals surface area contributed by atoms with Crippen molar-refractivity contribution in [3.05, 3.63) is 24.0 Å². The van der Waals surface area contributed by atoms with Gasteiger partial charge < -0.3 is 10.1 Å². The Balaban J connectivity index is 2.96. The molecule has 0 fully saturated rings. The van der Waals surface area contributed by atoms with Crippen molar-refractivity contribution in [2.24, 2.45) is 0 Å². The van der Waals surface area contributed by atoms with Gasteiger partial charge in [0.15, 0.2) is 5.12 Å². The Kier molecular flexibility index (Phi) is 5.26. The smallest absolute Gasteiger partial charge is 0.341 e. The standard InChI is InChI=1S/C13H16N2O4S/c1-8(16)20-13(2,3)12(18)15-10-5-6-14-7-9(10)11(17)19-4/h5-7H,1-4H3,(H,14,15,18). The number of ether oxygens (including phenoxy) is 1. The molecule has 0 bridgehead atoms. The van der Waals surface area contributed by atoms with Crippen LogP contribution in [0.3, 0.4) is 0 Å². The molecule has 1 aromatic heterocycles. The highest BCUT2D eigenvalue weighted by atomic mass is 32.2. The van der Waals surface area contributed by atoms with Gasteiger partial charge in [-0.25, -0.2) is 4.79 Å². The monoisotopic (exact) mass is 296 g/mol. The first-order chi connectivity index (χ1) is 9.27. The normalized spacial score (nSPS) is 10.8. The summed E-state index contributed by atoms with van der Waals surface area (Å²) in [6.07, 6.45) is 2.76. The number of carbonyl (C=O) groups excluding carboxylic acids is 3. The lowest BCUT2D eigenvalue weighted by atomic mass is 10.1. The predicted molar refractivity (Wildman–Crippen MR) is 76.6 cm³/mol. The Morgan fingerprint density at radius 3 is 2.55 bits per heavy atom. The molecule has 1 N–H and O–H groups in total. The van der Waals surface area contributed by atoms with Crippen LogP contribution >= 0.6 is 11.8 Å². The molecule has 0 aromatic carbocycles. The molecule has 1 aromatic rings. The zero-order valence-electron chi connectivity index (χ0n) is 11.7. The molecule has 1 amide bonds. The molecule has 0 spiro atoms. The summed E-state index contributed by atoms with van der Waals surface area (Å²) in [6, 6.07) is 1.50. The molecule has 20 heavy (non-hydrogen) atoms. The van der Waals surface area contributed by atoms with Gasteiger partial charge in [-0.2, -0.15) is 0 Å². The number of thioether (sulfide) groups is 1. The number of esters is 1. The summed E-state index contributed by atoms with van der Waals surface area (Å²) in [4.78, 5) is 38.7. The molecular weight excluding hydrogens is 280 g/mol. The van der Waals surface area contributed by atoms with Crippen LogP contribution in [-0.2, 0) is 14.3 Å². The summed E-state index contributed by atoms with van der Waals surface area (Å²) in [5.41, 5.74) is 0.459. The molecule has 6 nitrogen and oxygen atoms in total. The third-order valence-corrected chi connectivity index (χ3v) is 3.40. The first-order valence-electron chi connectivity index (χ1n) is 5.81. The number of pyridine rings is 1. The maximum atomic E-state index is 12.2. The second kappa shape index (κ2) is 6.51. The summed E-state index contributed by atoms with van der Waals surface area (Å²) in [7, 11) is 1.25. The Hall–Kier alpha value is -1.89. The lowest BCUT2D eigenvalue weighted by Crippen LogP contribution is -2.35. The number of rotatable bonds is 4. The van der Waals surface area contributed by atoms with Gasteiger partial charge in [0.25, 0.3) is 0 Å². The van der Waals surface area contributed by atoms with Gasteiger partial charge in [0.2, 0.25) is 5.91 Å². The predicted octanol–water partition coefficient (Wildman–Crippen LogP) is 1.86. The summed E-state index contributed by atoms with van der Waals surface area (Å²) < 4.78 is 3.68. The lowest BCUT2D eigenvalue weighted by molar-refractivity contribution is -0.118. The van der Waals surface area contributed by atoms with Gasteiger partial charge in [-0.1, -0.05) is 11.8 Å². The number of carbonyl (C=O) groups is 3. The van der Waals surface area contributed by atoms with E-state index >= 15 is 0 Å². The van der Waals surface area contributed by atoms with E-state index in [2.05, 4.69) is 15.0 Å². The fourth-order valence-corrected chi connectivity index (χ4v) is 2.32. The number of anilines is 1. The van der Waals surface area contributed by atoms with E-state index in [1.165, 1.54) is 32.5 Å². The van der Waals surface area contributed by atoms with E-state index in [4.69, 9.17) is 0 Å². The molecule has 0 aliphatic carbocycles. The van der Waals surface area contributed by atoms with Crippen LogP contribution < -0.4 is 5.32 Å². The van der Waals surface area contributed by atoms with Crippen LogP contribution in [0.2, 0.25) is 0 Å². The van der Waals surface area contributed by atoms with Crippen LogP contribution in [0.4, 0.5) is 5.69 Å². The van der Waals surface area contributed by atoms with Crippen molar-refractivity contribution in [3.63, 3.8) is 0 Å². The van der Waals surface area contributed by atoms with E-state index in [1.54, 1.807) is 13.8 Å². The number of amides is 1. The number of nitrogens with one attached hydrogen (secondary N) is 1. The quantitative estimate of drug-likeness (QED) is 0.854. The largest absolute Gasteiger partial charge is 0.465 e.